The van der Waals surface area contributed by atoms with E-state index in [1.54, 1.807) is 0 Å². The number of esters is 2. The average molecular weight is 294 g/mol. The van der Waals surface area contributed by atoms with Crippen LogP contribution in [-0.2, 0) is 23.9 Å². The largest absolute Gasteiger partial charge is 0.458 e. The summed E-state index contributed by atoms with van der Waals surface area (Å²) in [6.45, 7) is 4.76. The van der Waals surface area contributed by atoms with Gasteiger partial charge in [-0.25, -0.2) is 0 Å². The third-order valence-corrected chi connectivity index (χ3v) is 4.16. The molecule has 0 bridgehead atoms. The molecule has 0 N–H and O–H groups in total. The molecule has 0 aromatic heterocycles. The van der Waals surface area contributed by atoms with Gasteiger partial charge in [0.25, 0.3) is 0 Å². The molecule has 1 fully saturated rings. The first kappa shape index (κ1) is 15.7. The summed E-state index contributed by atoms with van der Waals surface area (Å²) in [6.07, 6.45) is 2.64. The topological polar surface area (TPSA) is 69.7 Å². The molecule has 0 aromatic carbocycles. The second-order valence-corrected chi connectivity index (χ2v) is 5.77. The zero-order valence-corrected chi connectivity index (χ0v) is 12.8. The van der Waals surface area contributed by atoms with E-state index in [2.05, 4.69) is 6.92 Å². The molecule has 0 aliphatic heterocycles. The Labute approximate surface area is 124 Å². The zero-order chi connectivity index (χ0) is 15.6. The van der Waals surface area contributed by atoms with Gasteiger partial charge in [-0.2, -0.15) is 0 Å². The van der Waals surface area contributed by atoms with Crippen molar-refractivity contribution in [3.8, 4) is 0 Å². The van der Waals surface area contributed by atoms with E-state index in [4.69, 9.17) is 9.47 Å². The Bertz CT molecular complexity index is 491. The van der Waals surface area contributed by atoms with Crippen LogP contribution in [0.5, 0.6) is 0 Å². The van der Waals surface area contributed by atoms with Gasteiger partial charge in [0.1, 0.15) is 12.2 Å². The van der Waals surface area contributed by atoms with Crippen LogP contribution in [0.15, 0.2) is 11.1 Å². The summed E-state index contributed by atoms with van der Waals surface area (Å²) in [6, 6.07) is 0. The first-order valence-electron chi connectivity index (χ1n) is 7.53. The molecule has 0 radical (unpaired) electrons. The second kappa shape index (κ2) is 6.41. The fourth-order valence-electron chi connectivity index (χ4n) is 3.36. The van der Waals surface area contributed by atoms with Crippen molar-refractivity contribution >= 4 is 17.7 Å². The Hall–Kier alpha value is -1.65. The number of Topliss-reactive ketones (excluding diaryl/α,β-unsaturated/α-hetero) is 1. The van der Waals surface area contributed by atoms with Crippen molar-refractivity contribution in [1.82, 2.24) is 0 Å². The van der Waals surface area contributed by atoms with Gasteiger partial charge in [-0.3, -0.25) is 14.4 Å². The van der Waals surface area contributed by atoms with E-state index in [9.17, 15) is 14.4 Å². The average Bonchev–Trinajstić information content (AvgIpc) is 2.83. The molecular weight excluding hydrogens is 272 g/mol. The van der Waals surface area contributed by atoms with Gasteiger partial charge in [0.05, 0.1) is 0 Å². The minimum Gasteiger partial charge on any atom is -0.458 e. The standard InChI is InChI=1S/C16H22O5/c1-4-5-6-11-12-8-15(20-9(2)17)16(21-10(3)18)13(12)7-14(11)19/h13,15-16H,4-8H2,1-3H3/t13-,15+,16+/m1/s1. The van der Waals surface area contributed by atoms with Crippen molar-refractivity contribution in [3.63, 3.8) is 0 Å². The molecule has 0 spiro atoms. The van der Waals surface area contributed by atoms with Crippen LogP contribution in [0.4, 0.5) is 0 Å². The van der Waals surface area contributed by atoms with E-state index in [0.717, 1.165) is 30.4 Å². The van der Waals surface area contributed by atoms with E-state index in [1.165, 1.54) is 13.8 Å². The molecule has 3 atom stereocenters. The molecule has 0 saturated heterocycles. The Morgan fingerprint density at radius 3 is 2.38 bits per heavy atom. The normalized spacial score (nSPS) is 27.8. The number of unbranched alkanes of at least 4 members (excludes halogenated alkanes) is 1. The monoisotopic (exact) mass is 294 g/mol. The van der Waals surface area contributed by atoms with Gasteiger partial charge in [0.2, 0.25) is 0 Å². The zero-order valence-electron chi connectivity index (χ0n) is 12.8. The first-order chi connectivity index (χ1) is 9.93. The molecule has 21 heavy (non-hydrogen) atoms. The van der Waals surface area contributed by atoms with Crippen molar-refractivity contribution < 1.29 is 23.9 Å². The maximum atomic E-state index is 12.1. The second-order valence-electron chi connectivity index (χ2n) is 5.77. The molecule has 0 unspecified atom stereocenters. The van der Waals surface area contributed by atoms with Crippen LogP contribution in [-0.4, -0.2) is 29.9 Å². The number of rotatable bonds is 5. The number of hydrogen-bond acceptors (Lipinski definition) is 5. The molecule has 116 valence electrons. The Morgan fingerprint density at radius 1 is 1.14 bits per heavy atom. The van der Waals surface area contributed by atoms with Gasteiger partial charge >= 0.3 is 11.9 Å². The van der Waals surface area contributed by atoms with Gasteiger partial charge < -0.3 is 9.47 Å². The van der Waals surface area contributed by atoms with Crippen LogP contribution >= 0.6 is 0 Å². The predicted molar refractivity (Wildman–Crippen MR) is 75.4 cm³/mol. The number of ketones is 1. The Balaban J connectivity index is 2.24. The Morgan fingerprint density at radius 2 is 1.81 bits per heavy atom. The summed E-state index contributed by atoms with van der Waals surface area (Å²) < 4.78 is 10.6. The van der Waals surface area contributed by atoms with E-state index in [-0.39, 0.29) is 17.7 Å². The lowest BCUT2D eigenvalue weighted by Gasteiger charge is -2.22. The fraction of sp³-hybridized carbons (Fsp3) is 0.688. The number of hydrogen-bond donors (Lipinski definition) is 0. The van der Waals surface area contributed by atoms with Crippen molar-refractivity contribution in [3.05, 3.63) is 11.1 Å². The smallest absolute Gasteiger partial charge is 0.303 e. The highest BCUT2D eigenvalue weighted by Gasteiger charge is 2.49. The number of carbonyl (C=O) groups excluding carboxylic acids is 3. The fourth-order valence-corrected chi connectivity index (χ4v) is 3.36. The van der Waals surface area contributed by atoms with Crippen LogP contribution in [0, 0.1) is 5.92 Å². The van der Waals surface area contributed by atoms with Crippen molar-refractivity contribution in [2.24, 2.45) is 5.92 Å². The summed E-state index contributed by atoms with van der Waals surface area (Å²) >= 11 is 0. The van der Waals surface area contributed by atoms with Crippen LogP contribution in [0.1, 0.15) is 52.9 Å². The van der Waals surface area contributed by atoms with Crippen molar-refractivity contribution in [2.45, 2.75) is 65.1 Å². The van der Waals surface area contributed by atoms with Gasteiger partial charge in [-0.05, 0) is 18.4 Å². The molecule has 5 nitrogen and oxygen atoms in total. The third kappa shape index (κ3) is 3.34. The Kier molecular flexibility index (Phi) is 4.80. The minimum absolute atomic E-state index is 0.113. The van der Waals surface area contributed by atoms with Crippen LogP contribution < -0.4 is 0 Å². The molecule has 0 heterocycles. The highest BCUT2D eigenvalue weighted by atomic mass is 16.6. The van der Waals surface area contributed by atoms with E-state index >= 15 is 0 Å². The highest BCUT2D eigenvalue weighted by molar-refractivity contribution is 5.99. The summed E-state index contributed by atoms with van der Waals surface area (Å²) in [5.41, 5.74) is 1.90. The molecule has 2 rings (SSSR count). The summed E-state index contributed by atoms with van der Waals surface area (Å²) in [4.78, 5) is 34.7. The van der Waals surface area contributed by atoms with Crippen molar-refractivity contribution in [2.75, 3.05) is 0 Å². The quantitative estimate of drug-likeness (QED) is 0.728. The molecule has 5 heteroatoms. The number of carbonyl (C=O) groups is 3. The molecule has 2 aliphatic carbocycles. The summed E-state index contributed by atoms with van der Waals surface area (Å²) in [5.74, 6) is -0.758. The lowest BCUT2D eigenvalue weighted by Crippen LogP contribution is -2.34. The number of allylic oxidation sites excluding steroid dienone is 1. The molecule has 0 amide bonds. The lowest BCUT2D eigenvalue weighted by molar-refractivity contribution is -0.165. The maximum Gasteiger partial charge on any atom is 0.303 e. The van der Waals surface area contributed by atoms with E-state index in [0.29, 0.717) is 12.8 Å². The number of fused-ring (bicyclic) bond motifs is 1. The minimum atomic E-state index is -0.524. The van der Waals surface area contributed by atoms with Gasteiger partial charge in [0, 0.05) is 32.6 Å². The summed E-state index contributed by atoms with van der Waals surface area (Å²) in [5, 5.41) is 0. The van der Waals surface area contributed by atoms with Crippen LogP contribution in [0.25, 0.3) is 0 Å². The van der Waals surface area contributed by atoms with E-state index in [1.807, 2.05) is 0 Å². The molecule has 0 aromatic rings. The summed E-state index contributed by atoms with van der Waals surface area (Å²) in [7, 11) is 0. The highest BCUT2D eigenvalue weighted by Crippen LogP contribution is 2.46. The molecule has 1 saturated carbocycles. The molecular formula is C16H22O5. The van der Waals surface area contributed by atoms with E-state index < -0.39 is 18.2 Å². The SMILES string of the molecule is CCCCC1=C2C[C@H](OC(C)=O)[C@@H](OC(C)=O)[C@@H]2CC1=O. The van der Waals surface area contributed by atoms with Gasteiger partial charge in [-0.1, -0.05) is 18.9 Å². The molecule has 2 aliphatic rings. The third-order valence-electron chi connectivity index (χ3n) is 4.16. The lowest BCUT2D eigenvalue weighted by atomic mass is 10.0. The van der Waals surface area contributed by atoms with Crippen molar-refractivity contribution in [1.29, 1.82) is 0 Å². The first-order valence-corrected chi connectivity index (χ1v) is 7.53. The van der Waals surface area contributed by atoms with Crippen LogP contribution in [0.2, 0.25) is 0 Å². The van der Waals surface area contributed by atoms with Gasteiger partial charge in [0.15, 0.2) is 5.78 Å². The van der Waals surface area contributed by atoms with Gasteiger partial charge in [-0.15, -0.1) is 0 Å². The maximum absolute atomic E-state index is 12.1. The van der Waals surface area contributed by atoms with Crippen LogP contribution in [0.3, 0.4) is 0 Å². The predicted octanol–water partition coefficient (Wildman–Crippen LogP) is 2.33. The number of ether oxygens (including phenoxy) is 2.